The molecule has 3 saturated heterocycles. The van der Waals surface area contributed by atoms with Crippen molar-refractivity contribution in [1.82, 2.24) is 14.9 Å². The first-order chi connectivity index (χ1) is 18.6. The predicted octanol–water partition coefficient (Wildman–Crippen LogP) is 2.66. The molecule has 0 amide bonds. The number of β-amino-alcohol motifs (C(OH)–C–C–N with tert-alkyl or cyclic N) is 1. The number of ether oxygens (including phenoxy) is 1. The zero-order valence-corrected chi connectivity index (χ0v) is 23.6. The second-order valence-electron chi connectivity index (χ2n) is 12.3. The van der Waals surface area contributed by atoms with Crippen molar-refractivity contribution in [2.75, 3.05) is 68.5 Å². The highest BCUT2D eigenvalue weighted by Gasteiger charge is 2.50. The molecule has 2 aromatic rings. The second-order valence-corrected chi connectivity index (χ2v) is 13.4. The Hall–Kier alpha value is -3.12. The molecule has 206 valence electrons. The number of nitrogens with zero attached hydrogens (tertiary/aromatic N) is 7. The van der Waals surface area contributed by atoms with E-state index in [0.29, 0.717) is 23.7 Å². The van der Waals surface area contributed by atoms with Crippen molar-refractivity contribution in [2.45, 2.75) is 56.5 Å². The van der Waals surface area contributed by atoms with Gasteiger partial charge in [0.2, 0.25) is 0 Å². The fourth-order valence-corrected chi connectivity index (χ4v) is 8.13. The van der Waals surface area contributed by atoms with Crippen molar-refractivity contribution in [3.63, 3.8) is 0 Å². The van der Waals surface area contributed by atoms with Crippen molar-refractivity contribution in [2.24, 2.45) is 5.41 Å². The van der Waals surface area contributed by atoms with E-state index in [4.69, 9.17) is 20.4 Å². The monoisotopic (exact) mass is 548 g/mol. The van der Waals surface area contributed by atoms with E-state index in [1.165, 1.54) is 4.88 Å². The van der Waals surface area contributed by atoms with Crippen molar-refractivity contribution in [3.05, 3.63) is 22.1 Å². The van der Waals surface area contributed by atoms with Gasteiger partial charge in [-0.05, 0) is 64.6 Å². The van der Waals surface area contributed by atoms with Gasteiger partial charge >= 0.3 is 6.01 Å². The number of piperidine rings is 1. The smallest absolute Gasteiger partial charge is 0.320 e. The van der Waals surface area contributed by atoms with Crippen LogP contribution in [0.1, 0.15) is 55.0 Å². The van der Waals surface area contributed by atoms with Crippen LogP contribution in [0.5, 0.6) is 6.01 Å². The van der Waals surface area contributed by atoms with Crippen LogP contribution in [0.4, 0.5) is 16.6 Å². The maximum atomic E-state index is 10.8. The van der Waals surface area contributed by atoms with Gasteiger partial charge in [-0.3, -0.25) is 0 Å². The standard InChI is InChI=1S/C28H36N8O2S/c1-26(37)6-4-9-35(14-26)21-11-22(33-25(32-21)38-18-27(13-30)8-10-34(2)15-27)36-16-28(17-36)7-3-5-20-23(28)19(12-29)24(31)39-20/h11,37H,3-10,14-18,31H2,1-2H3/t26-,27?/m1/s1. The van der Waals surface area contributed by atoms with Crippen LogP contribution >= 0.6 is 11.3 Å². The van der Waals surface area contributed by atoms with E-state index < -0.39 is 11.0 Å². The molecule has 2 aromatic heterocycles. The van der Waals surface area contributed by atoms with Crippen LogP contribution in [0, 0.1) is 28.1 Å². The number of hydrogen-bond donors (Lipinski definition) is 2. The van der Waals surface area contributed by atoms with Crippen LogP contribution in [-0.4, -0.2) is 78.5 Å². The summed E-state index contributed by atoms with van der Waals surface area (Å²) in [4.78, 5) is 17.3. The summed E-state index contributed by atoms with van der Waals surface area (Å²) in [5.74, 6) is 1.50. The normalized spacial score (nSPS) is 28.0. The molecule has 2 atom stereocenters. The molecule has 3 N–H and O–H groups in total. The average molecular weight is 549 g/mol. The molecule has 1 spiro atoms. The number of nitrogens with two attached hydrogens (primary N) is 1. The van der Waals surface area contributed by atoms with Crippen LogP contribution in [0.15, 0.2) is 6.07 Å². The number of aryl methyl sites for hydroxylation is 1. The number of likely N-dealkylation sites (tertiary alicyclic amines) is 1. The van der Waals surface area contributed by atoms with E-state index in [2.05, 4.69) is 26.8 Å². The Morgan fingerprint density at radius 1 is 1.08 bits per heavy atom. The Morgan fingerprint density at radius 2 is 1.85 bits per heavy atom. The SMILES string of the molecule is CN1CCC(C#N)(COc2nc(N3CC4(CCCc5sc(N)c(C#N)c54)C3)cc(N3CCC[C@@](C)(O)C3)n2)C1. The zero-order chi connectivity index (χ0) is 27.4. The highest BCUT2D eigenvalue weighted by molar-refractivity contribution is 7.16. The predicted molar refractivity (Wildman–Crippen MR) is 150 cm³/mol. The summed E-state index contributed by atoms with van der Waals surface area (Å²) in [5.41, 5.74) is 6.58. The molecule has 1 aliphatic carbocycles. The van der Waals surface area contributed by atoms with Crippen LogP contribution in [0.2, 0.25) is 0 Å². The van der Waals surface area contributed by atoms with Gasteiger partial charge in [-0.2, -0.15) is 20.5 Å². The molecule has 5 heterocycles. The fourth-order valence-electron chi connectivity index (χ4n) is 6.95. The maximum Gasteiger partial charge on any atom is 0.320 e. The zero-order valence-electron chi connectivity index (χ0n) is 22.7. The molecule has 0 aromatic carbocycles. The summed E-state index contributed by atoms with van der Waals surface area (Å²) in [6.45, 7) is 6.42. The van der Waals surface area contributed by atoms with Crippen LogP contribution in [-0.2, 0) is 11.8 Å². The lowest BCUT2D eigenvalue weighted by Gasteiger charge is -2.53. The first-order valence-corrected chi connectivity index (χ1v) is 14.6. The van der Waals surface area contributed by atoms with E-state index in [0.717, 1.165) is 81.9 Å². The lowest BCUT2D eigenvalue weighted by Crippen LogP contribution is -2.61. The van der Waals surface area contributed by atoms with Crippen molar-refractivity contribution < 1.29 is 9.84 Å². The number of hydrogen-bond acceptors (Lipinski definition) is 11. The summed E-state index contributed by atoms with van der Waals surface area (Å²) in [5, 5.41) is 31.1. The lowest BCUT2D eigenvalue weighted by molar-refractivity contribution is 0.0446. The quantitative estimate of drug-likeness (QED) is 0.573. The summed E-state index contributed by atoms with van der Waals surface area (Å²) < 4.78 is 6.16. The Labute approximate surface area is 233 Å². The third kappa shape index (κ3) is 4.67. The number of nitriles is 2. The molecule has 6 rings (SSSR count). The first kappa shape index (κ1) is 26.1. The summed E-state index contributed by atoms with van der Waals surface area (Å²) >= 11 is 1.56. The largest absolute Gasteiger partial charge is 0.462 e. The van der Waals surface area contributed by atoms with Gasteiger partial charge in [0.15, 0.2) is 0 Å². The summed E-state index contributed by atoms with van der Waals surface area (Å²) in [6, 6.07) is 7.09. The van der Waals surface area contributed by atoms with Gasteiger partial charge in [0.25, 0.3) is 0 Å². The van der Waals surface area contributed by atoms with Gasteiger partial charge in [0, 0.05) is 49.1 Å². The third-order valence-electron chi connectivity index (χ3n) is 8.96. The third-order valence-corrected chi connectivity index (χ3v) is 10.0. The molecule has 1 unspecified atom stereocenters. The van der Waals surface area contributed by atoms with E-state index in [9.17, 15) is 15.6 Å². The van der Waals surface area contributed by atoms with Crippen molar-refractivity contribution >= 4 is 28.0 Å². The average Bonchev–Trinajstić information content (AvgIpc) is 3.44. The maximum absolute atomic E-state index is 10.8. The van der Waals surface area contributed by atoms with E-state index >= 15 is 0 Å². The van der Waals surface area contributed by atoms with Crippen molar-refractivity contribution in [1.29, 1.82) is 10.5 Å². The minimum absolute atomic E-state index is 0.0903. The molecule has 0 saturated carbocycles. The number of fused-ring (bicyclic) bond motifs is 2. The topological polar surface area (TPSA) is 139 Å². The number of aliphatic hydroxyl groups is 1. The van der Waals surface area contributed by atoms with Crippen LogP contribution < -0.4 is 20.3 Å². The van der Waals surface area contributed by atoms with Crippen LogP contribution in [0.3, 0.4) is 0 Å². The second kappa shape index (κ2) is 9.51. The highest BCUT2D eigenvalue weighted by Crippen LogP contribution is 2.51. The van der Waals surface area contributed by atoms with Gasteiger partial charge in [0.05, 0.1) is 17.2 Å². The van der Waals surface area contributed by atoms with Gasteiger partial charge in [-0.25, -0.2) is 0 Å². The molecule has 11 heteroatoms. The molecule has 0 radical (unpaired) electrons. The number of nitrogen functional groups attached to an aromatic ring is 1. The van der Waals surface area contributed by atoms with Gasteiger partial charge in [0.1, 0.15) is 34.7 Å². The summed E-state index contributed by atoms with van der Waals surface area (Å²) in [7, 11) is 2.02. The molecule has 0 bridgehead atoms. The van der Waals surface area contributed by atoms with Crippen LogP contribution in [0.25, 0.3) is 0 Å². The number of rotatable bonds is 5. The lowest BCUT2D eigenvalue weighted by atomic mass is 9.66. The first-order valence-electron chi connectivity index (χ1n) is 13.8. The fraction of sp³-hybridized carbons (Fsp3) is 0.643. The van der Waals surface area contributed by atoms with Gasteiger partial charge in [-0.1, -0.05) is 0 Å². The number of aromatic nitrogens is 2. The molecule has 3 fully saturated rings. The Balaban J connectivity index is 1.29. The molecular formula is C28H36N8O2S. The summed E-state index contributed by atoms with van der Waals surface area (Å²) in [6.07, 6.45) is 5.47. The number of thiophene rings is 1. The minimum atomic E-state index is -0.782. The molecular weight excluding hydrogens is 512 g/mol. The molecule has 10 nitrogen and oxygen atoms in total. The molecule has 39 heavy (non-hydrogen) atoms. The molecule has 4 aliphatic rings. The Morgan fingerprint density at radius 3 is 2.51 bits per heavy atom. The van der Waals surface area contributed by atoms with Crippen molar-refractivity contribution in [3.8, 4) is 18.1 Å². The van der Waals surface area contributed by atoms with Gasteiger partial charge in [-0.15, -0.1) is 11.3 Å². The van der Waals surface area contributed by atoms with E-state index in [-0.39, 0.29) is 18.0 Å². The van der Waals surface area contributed by atoms with E-state index in [1.54, 1.807) is 11.3 Å². The molecule has 3 aliphatic heterocycles. The highest BCUT2D eigenvalue weighted by atomic mass is 32.1. The van der Waals surface area contributed by atoms with Gasteiger partial charge < -0.3 is 30.3 Å². The Kier molecular flexibility index (Phi) is 6.37. The number of anilines is 3. The minimum Gasteiger partial charge on any atom is -0.462 e. The van der Waals surface area contributed by atoms with E-state index in [1.807, 2.05) is 20.0 Å². The Bertz CT molecular complexity index is 1350.